The zero-order valence-corrected chi connectivity index (χ0v) is 7.16. The predicted octanol–water partition coefficient (Wildman–Crippen LogP) is 0.918. The second-order valence-electron chi connectivity index (χ2n) is 1.52. The molecule has 1 aromatic rings. The Balaban J connectivity index is 0. The molecule has 0 aliphatic heterocycles. The fourth-order valence-electron chi connectivity index (χ4n) is 0.488. The number of hydrogen-bond donors (Lipinski definition) is 1. The zero-order chi connectivity index (χ0) is 6.69. The zero-order valence-electron chi connectivity index (χ0n) is 5.53. The number of hydrogen-bond acceptors (Lipinski definition) is 3. The van der Waals surface area contributed by atoms with Crippen LogP contribution in [0.5, 0.6) is 0 Å². The molecule has 0 fully saturated rings. The molecular formula is C5H8Cl2FN3. The Hall–Kier alpha value is -0.450. The Bertz CT molecular complexity index is 209. The third-order valence-corrected chi connectivity index (χ3v) is 0.937. The fraction of sp³-hybridized carbons (Fsp3) is 0.200. The lowest BCUT2D eigenvalue weighted by Gasteiger charge is -1.92. The van der Waals surface area contributed by atoms with Crippen LogP contribution in [0.4, 0.5) is 4.39 Å². The van der Waals surface area contributed by atoms with Crippen LogP contribution in [0.3, 0.4) is 0 Å². The molecule has 0 aliphatic carbocycles. The van der Waals surface area contributed by atoms with Gasteiger partial charge in [-0.15, -0.1) is 24.8 Å². The Morgan fingerprint density at radius 1 is 1.45 bits per heavy atom. The van der Waals surface area contributed by atoms with E-state index in [0.29, 0.717) is 0 Å². The summed E-state index contributed by atoms with van der Waals surface area (Å²) in [5.41, 5.74) is 5.38. The summed E-state index contributed by atoms with van der Waals surface area (Å²) in [7, 11) is 0. The Morgan fingerprint density at radius 2 is 2.09 bits per heavy atom. The molecule has 0 saturated carbocycles. The van der Waals surface area contributed by atoms with E-state index in [1.807, 2.05) is 0 Å². The van der Waals surface area contributed by atoms with Crippen LogP contribution in [0.25, 0.3) is 0 Å². The average molecular weight is 200 g/mol. The lowest BCUT2D eigenvalue weighted by atomic mass is 10.4. The van der Waals surface area contributed by atoms with Crippen molar-refractivity contribution in [1.82, 2.24) is 9.97 Å². The summed E-state index contributed by atoms with van der Waals surface area (Å²) in [6.45, 7) is 0.119. The molecule has 0 spiro atoms. The summed E-state index contributed by atoms with van der Waals surface area (Å²) in [6.07, 6.45) is 2.36. The van der Waals surface area contributed by atoms with Gasteiger partial charge < -0.3 is 5.73 Å². The van der Waals surface area contributed by atoms with E-state index in [2.05, 4.69) is 9.97 Å². The molecule has 6 heteroatoms. The molecule has 0 amide bonds. The Kier molecular flexibility index (Phi) is 7.51. The summed E-state index contributed by atoms with van der Waals surface area (Å²) < 4.78 is 12.4. The van der Waals surface area contributed by atoms with Gasteiger partial charge in [-0.2, -0.15) is 0 Å². The van der Waals surface area contributed by atoms with Crippen LogP contribution >= 0.6 is 24.8 Å². The Morgan fingerprint density at radius 3 is 2.45 bits per heavy atom. The highest BCUT2D eigenvalue weighted by molar-refractivity contribution is 5.85. The van der Waals surface area contributed by atoms with Gasteiger partial charge in [0.05, 0.1) is 11.9 Å². The molecule has 0 radical (unpaired) electrons. The van der Waals surface area contributed by atoms with Gasteiger partial charge in [-0.05, 0) is 0 Å². The molecule has 0 aliphatic rings. The van der Waals surface area contributed by atoms with Gasteiger partial charge in [-0.1, -0.05) is 0 Å². The summed E-state index contributed by atoms with van der Waals surface area (Å²) in [4.78, 5) is 7.04. The molecule has 0 atom stereocenters. The molecule has 11 heavy (non-hydrogen) atoms. The molecule has 0 unspecified atom stereocenters. The van der Waals surface area contributed by atoms with Crippen molar-refractivity contribution in [3.63, 3.8) is 0 Å². The number of aromatic nitrogens is 2. The number of nitrogens with zero attached hydrogens (tertiary/aromatic N) is 2. The lowest BCUT2D eigenvalue weighted by Crippen LogP contribution is -2.02. The first kappa shape index (κ1) is 13.2. The molecule has 1 aromatic heterocycles. The minimum Gasteiger partial charge on any atom is -0.325 e. The van der Waals surface area contributed by atoms with Crippen molar-refractivity contribution >= 4 is 24.8 Å². The van der Waals surface area contributed by atoms with Gasteiger partial charge in [0, 0.05) is 6.54 Å². The predicted molar refractivity (Wildman–Crippen MR) is 44.4 cm³/mol. The van der Waals surface area contributed by atoms with E-state index >= 15 is 0 Å². The molecule has 0 aromatic carbocycles. The van der Waals surface area contributed by atoms with Gasteiger partial charge in [-0.25, -0.2) is 14.4 Å². The summed E-state index contributed by atoms with van der Waals surface area (Å²) in [5, 5.41) is 0. The monoisotopic (exact) mass is 199 g/mol. The maximum absolute atomic E-state index is 12.4. The van der Waals surface area contributed by atoms with Gasteiger partial charge >= 0.3 is 0 Å². The summed E-state index contributed by atoms with van der Waals surface area (Å²) in [5.74, 6) is -0.444. The first-order valence-corrected chi connectivity index (χ1v) is 2.49. The maximum Gasteiger partial charge on any atom is 0.164 e. The van der Waals surface area contributed by atoms with E-state index < -0.39 is 5.82 Å². The molecule has 3 nitrogen and oxygen atoms in total. The summed E-state index contributed by atoms with van der Waals surface area (Å²) >= 11 is 0. The van der Waals surface area contributed by atoms with Crippen LogP contribution in [0, 0.1) is 5.82 Å². The summed E-state index contributed by atoms with van der Waals surface area (Å²) in [6, 6.07) is 0. The molecule has 0 saturated heterocycles. The van der Waals surface area contributed by atoms with Crippen LogP contribution in [0.2, 0.25) is 0 Å². The fourth-order valence-corrected chi connectivity index (χ4v) is 0.488. The molecule has 0 bridgehead atoms. The van der Waals surface area contributed by atoms with Crippen molar-refractivity contribution in [3.05, 3.63) is 24.0 Å². The van der Waals surface area contributed by atoms with Crippen molar-refractivity contribution in [2.45, 2.75) is 6.54 Å². The first-order valence-electron chi connectivity index (χ1n) is 2.49. The quantitative estimate of drug-likeness (QED) is 0.733. The van der Waals surface area contributed by atoms with E-state index in [0.717, 1.165) is 6.20 Å². The highest BCUT2D eigenvalue weighted by atomic mass is 35.5. The van der Waals surface area contributed by atoms with Crippen molar-refractivity contribution < 1.29 is 4.39 Å². The normalized spacial score (nSPS) is 7.82. The van der Waals surface area contributed by atoms with Crippen LogP contribution < -0.4 is 5.73 Å². The largest absolute Gasteiger partial charge is 0.325 e. The van der Waals surface area contributed by atoms with Gasteiger partial charge in [0.2, 0.25) is 0 Å². The van der Waals surface area contributed by atoms with Gasteiger partial charge in [-0.3, -0.25) is 0 Å². The van der Waals surface area contributed by atoms with Gasteiger partial charge in [0.25, 0.3) is 0 Å². The molecular weight excluding hydrogens is 192 g/mol. The van der Waals surface area contributed by atoms with Gasteiger partial charge in [0.1, 0.15) is 6.33 Å². The third kappa shape index (κ3) is 3.46. The standard InChI is InChI=1S/C5H6FN3.2ClH/c6-4-2-8-3-9-5(4)1-7;;/h2-3H,1,7H2;2*1H. The molecule has 1 heterocycles. The maximum atomic E-state index is 12.4. The number of rotatable bonds is 1. The number of nitrogens with two attached hydrogens (primary N) is 1. The van der Waals surface area contributed by atoms with Crippen molar-refractivity contribution in [2.24, 2.45) is 5.73 Å². The van der Waals surface area contributed by atoms with Crippen LogP contribution in [-0.2, 0) is 6.54 Å². The van der Waals surface area contributed by atoms with Crippen LogP contribution in [0.15, 0.2) is 12.5 Å². The van der Waals surface area contributed by atoms with E-state index in [-0.39, 0.29) is 37.1 Å². The van der Waals surface area contributed by atoms with E-state index in [1.165, 1.54) is 6.33 Å². The third-order valence-electron chi connectivity index (χ3n) is 0.937. The second kappa shape index (κ2) is 6.27. The van der Waals surface area contributed by atoms with Crippen molar-refractivity contribution in [3.8, 4) is 0 Å². The van der Waals surface area contributed by atoms with Crippen molar-refractivity contribution in [1.29, 1.82) is 0 Å². The van der Waals surface area contributed by atoms with Gasteiger partial charge in [0.15, 0.2) is 5.82 Å². The number of halogens is 3. The highest BCUT2D eigenvalue weighted by Gasteiger charge is 1.97. The Labute approximate surface area is 76.0 Å². The SMILES string of the molecule is Cl.Cl.NCc1ncncc1F. The highest BCUT2D eigenvalue weighted by Crippen LogP contribution is 1.97. The minimum atomic E-state index is -0.444. The smallest absolute Gasteiger partial charge is 0.164 e. The van der Waals surface area contributed by atoms with E-state index in [1.54, 1.807) is 0 Å². The minimum absolute atomic E-state index is 0. The first-order chi connectivity index (χ1) is 4.34. The topological polar surface area (TPSA) is 51.8 Å². The van der Waals surface area contributed by atoms with Crippen LogP contribution in [0.1, 0.15) is 5.69 Å². The van der Waals surface area contributed by atoms with E-state index in [9.17, 15) is 4.39 Å². The van der Waals surface area contributed by atoms with Crippen molar-refractivity contribution in [2.75, 3.05) is 0 Å². The van der Waals surface area contributed by atoms with E-state index in [4.69, 9.17) is 5.73 Å². The van der Waals surface area contributed by atoms with Crippen LogP contribution in [-0.4, -0.2) is 9.97 Å². The molecule has 64 valence electrons. The lowest BCUT2D eigenvalue weighted by molar-refractivity contribution is 0.591. The molecule has 2 N–H and O–H groups in total. The average Bonchev–Trinajstić information content (AvgIpc) is 1.89. The molecule has 1 rings (SSSR count). The second-order valence-corrected chi connectivity index (χ2v) is 1.52.